The highest BCUT2D eigenvalue weighted by Crippen LogP contribution is 2.42. The van der Waals surface area contributed by atoms with E-state index in [0.29, 0.717) is 24.7 Å². The van der Waals surface area contributed by atoms with Crippen LogP contribution in [0.2, 0.25) is 0 Å². The molecule has 4 rings (SSSR count). The Hall–Kier alpha value is -3.39. The zero-order valence-electron chi connectivity index (χ0n) is 21.0. The van der Waals surface area contributed by atoms with Crippen LogP contribution in [-0.4, -0.2) is 52.6 Å². The Kier molecular flexibility index (Phi) is 6.85. The Morgan fingerprint density at radius 3 is 2.69 bits per heavy atom. The van der Waals surface area contributed by atoms with Crippen LogP contribution in [0.4, 0.5) is 0 Å². The Morgan fingerprint density at radius 2 is 2.06 bits per heavy atom. The maximum absolute atomic E-state index is 13.5. The molecular formula is C27H31N3O4S. The van der Waals surface area contributed by atoms with Crippen molar-refractivity contribution in [3.63, 3.8) is 0 Å². The molecule has 35 heavy (non-hydrogen) atoms. The number of rotatable bonds is 6. The molecular weight excluding hydrogens is 462 g/mol. The summed E-state index contributed by atoms with van der Waals surface area (Å²) in [6.45, 7) is 8.75. The van der Waals surface area contributed by atoms with Gasteiger partial charge < -0.3 is 18.9 Å². The Balaban J connectivity index is 1.90. The summed E-state index contributed by atoms with van der Waals surface area (Å²) in [4.78, 5) is 33.1. The third kappa shape index (κ3) is 4.75. The lowest BCUT2D eigenvalue weighted by Gasteiger charge is -2.32. The van der Waals surface area contributed by atoms with Gasteiger partial charge in [0, 0.05) is 36.3 Å². The van der Waals surface area contributed by atoms with E-state index in [1.807, 2.05) is 62.0 Å². The maximum atomic E-state index is 13.5. The minimum absolute atomic E-state index is 0.110. The van der Waals surface area contributed by atoms with E-state index in [1.165, 1.54) is 6.08 Å². The average molecular weight is 494 g/mol. The number of thiophene rings is 1. The fourth-order valence-electron chi connectivity index (χ4n) is 4.10. The van der Waals surface area contributed by atoms with Gasteiger partial charge in [0.1, 0.15) is 11.4 Å². The number of aromatic nitrogens is 2. The minimum Gasteiger partial charge on any atom is -0.496 e. The number of esters is 1. The molecule has 0 fully saturated rings. The highest BCUT2D eigenvalue weighted by molar-refractivity contribution is 7.13. The van der Waals surface area contributed by atoms with Gasteiger partial charge in [-0.05, 0) is 69.3 Å². The number of aryl methyl sites for hydroxylation is 1. The van der Waals surface area contributed by atoms with Crippen molar-refractivity contribution in [2.24, 2.45) is 0 Å². The first-order valence-corrected chi connectivity index (χ1v) is 12.5. The van der Waals surface area contributed by atoms with Gasteiger partial charge in [-0.25, -0.2) is 9.78 Å². The van der Waals surface area contributed by atoms with Crippen LogP contribution in [0.5, 0.6) is 5.75 Å². The van der Waals surface area contributed by atoms with Gasteiger partial charge in [-0.1, -0.05) is 6.07 Å². The second kappa shape index (κ2) is 9.70. The molecule has 0 N–H and O–H groups in total. The van der Waals surface area contributed by atoms with E-state index in [1.54, 1.807) is 36.3 Å². The van der Waals surface area contributed by atoms with Gasteiger partial charge in [-0.3, -0.25) is 4.79 Å². The SMILES string of the molecule is CCOC(=O)C=Cc1cc2c(cc1OC)CCn1c(C(=O)N(C)C(C)(C)C)nc(-c3cccs3)c1-2. The van der Waals surface area contributed by atoms with Gasteiger partial charge in [-0.15, -0.1) is 11.3 Å². The number of ether oxygens (including phenoxy) is 2. The fraction of sp³-hybridized carbons (Fsp3) is 0.370. The maximum Gasteiger partial charge on any atom is 0.330 e. The monoisotopic (exact) mass is 493 g/mol. The van der Waals surface area contributed by atoms with E-state index < -0.39 is 5.97 Å². The Bertz CT molecular complexity index is 1280. The normalized spacial score (nSPS) is 12.9. The lowest BCUT2D eigenvalue weighted by Crippen LogP contribution is -2.43. The number of nitrogens with zero attached hydrogens (tertiary/aromatic N) is 3. The highest BCUT2D eigenvalue weighted by Gasteiger charge is 2.33. The lowest BCUT2D eigenvalue weighted by atomic mass is 9.93. The van der Waals surface area contributed by atoms with Crippen molar-refractivity contribution < 1.29 is 19.1 Å². The summed E-state index contributed by atoms with van der Waals surface area (Å²) >= 11 is 1.59. The van der Waals surface area contributed by atoms with E-state index in [-0.39, 0.29) is 11.4 Å². The number of amides is 1. The largest absolute Gasteiger partial charge is 0.496 e. The number of methoxy groups -OCH3 is 1. The molecule has 184 valence electrons. The molecule has 0 bridgehead atoms. The molecule has 3 aromatic rings. The third-order valence-electron chi connectivity index (χ3n) is 6.23. The molecule has 0 unspecified atom stereocenters. The molecule has 3 heterocycles. The summed E-state index contributed by atoms with van der Waals surface area (Å²) in [6.07, 6.45) is 3.85. The van der Waals surface area contributed by atoms with Crippen LogP contribution in [0.25, 0.3) is 27.9 Å². The molecule has 7 nitrogen and oxygen atoms in total. The van der Waals surface area contributed by atoms with Crippen LogP contribution in [0.1, 0.15) is 49.4 Å². The van der Waals surface area contributed by atoms with Crippen LogP contribution in [0, 0.1) is 0 Å². The fourth-order valence-corrected chi connectivity index (χ4v) is 4.81. The molecule has 2 aromatic heterocycles. The van der Waals surface area contributed by atoms with Crippen LogP contribution >= 0.6 is 11.3 Å². The van der Waals surface area contributed by atoms with Crippen LogP contribution < -0.4 is 4.74 Å². The quantitative estimate of drug-likeness (QED) is 0.345. The van der Waals surface area contributed by atoms with Crippen molar-refractivity contribution in [3.05, 3.63) is 52.7 Å². The van der Waals surface area contributed by atoms with Crippen LogP contribution in [-0.2, 0) is 22.5 Å². The summed E-state index contributed by atoms with van der Waals surface area (Å²) < 4.78 is 12.7. The molecule has 0 atom stereocenters. The summed E-state index contributed by atoms with van der Waals surface area (Å²) in [5.74, 6) is 0.597. The smallest absolute Gasteiger partial charge is 0.330 e. The van der Waals surface area contributed by atoms with Gasteiger partial charge >= 0.3 is 5.97 Å². The predicted molar refractivity (Wildman–Crippen MR) is 139 cm³/mol. The highest BCUT2D eigenvalue weighted by atomic mass is 32.1. The van der Waals surface area contributed by atoms with Gasteiger partial charge in [0.2, 0.25) is 0 Å². The van der Waals surface area contributed by atoms with Crippen molar-refractivity contribution in [1.82, 2.24) is 14.5 Å². The Labute approximate surface area is 210 Å². The topological polar surface area (TPSA) is 73.7 Å². The van der Waals surface area contributed by atoms with E-state index in [0.717, 1.165) is 39.4 Å². The number of hydrogen-bond acceptors (Lipinski definition) is 6. The first kappa shape index (κ1) is 24.7. The zero-order valence-corrected chi connectivity index (χ0v) is 21.9. The molecule has 1 amide bonds. The minimum atomic E-state index is -0.408. The lowest BCUT2D eigenvalue weighted by molar-refractivity contribution is -0.137. The molecule has 1 aliphatic heterocycles. The molecule has 0 saturated heterocycles. The van der Waals surface area contributed by atoms with E-state index in [9.17, 15) is 9.59 Å². The molecule has 0 spiro atoms. The molecule has 1 aliphatic rings. The first-order chi connectivity index (χ1) is 16.7. The molecule has 0 radical (unpaired) electrons. The van der Waals surface area contributed by atoms with Gasteiger partial charge in [-0.2, -0.15) is 0 Å². The summed E-state index contributed by atoms with van der Waals surface area (Å²) in [6, 6.07) is 8.03. The number of hydrogen-bond donors (Lipinski definition) is 0. The number of fused-ring (bicyclic) bond motifs is 3. The van der Waals surface area contributed by atoms with Gasteiger partial charge in [0.25, 0.3) is 5.91 Å². The van der Waals surface area contributed by atoms with Crippen molar-refractivity contribution in [2.75, 3.05) is 20.8 Å². The average Bonchev–Trinajstić information content (AvgIpc) is 3.48. The molecule has 0 saturated carbocycles. The molecule has 8 heteroatoms. The number of carbonyl (C=O) groups excluding carboxylic acids is 2. The summed E-state index contributed by atoms with van der Waals surface area (Å²) in [5, 5.41) is 2.01. The van der Waals surface area contributed by atoms with Crippen molar-refractivity contribution in [3.8, 4) is 27.6 Å². The van der Waals surface area contributed by atoms with Crippen molar-refractivity contribution >= 4 is 29.3 Å². The number of carbonyl (C=O) groups is 2. The van der Waals surface area contributed by atoms with Crippen molar-refractivity contribution in [1.29, 1.82) is 0 Å². The second-order valence-electron chi connectivity index (χ2n) is 9.38. The third-order valence-corrected chi connectivity index (χ3v) is 7.10. The van der Waals surface area contributed by atoms with Gasteiger partial charge in [0.15, 0.2) is 5.82 Å². The van der Waals surface area contributed by atoms with Crippen molar-refractivity contribution in [2.45, 2.75) is 46.2 Å². The second-order valence-corrected chi connectivity index (χ2v) is 10.3. The summed E-state index contributed by atoms with van der Waals surface area (Å²) in [5.41, 5.74) is 4.21. The first-order valence-electron chi connectivity index (χ1n) is 11.6. The Morgan fingerprint density at radius 1 is 1.29 bits per heavy atom. The molecule has 0 aliphatic carbocycles. The van der Waals surface area contributed by atoms with E-state index in [2.05, 4.69) is 0 Å². The van der Waals surface area contributed by atoms with Gasteiger partial charge in [0.05, 0.1) is 24.3 Å². The standard InChI is InChI=1S/C27H31N3O4S/c1-7-34-22(31)11-10-18-15-19-17(16-20(18)33-6)12-13-30-24(19)23(21-9-8-14-35-21)28-25(30)26(32)29(5)27(2,3)4/h8-11,14-16H,7,12-13H2,1-6H3. The van der Waals surface area contributed by atoms with Crippen LogP contribution in [0.15, 0.2) is 35.7 Å². The van der Waals surface area contributed by atoms with E-state index >= 15 is 0 Å². The zero-order chi connectivity index (χ0) is 25.3. The number of imidazole rings is 1. The number of benzene rings is 1. The predicted octanol–water partition coefficient (Wildman–Crippen LogP) is 5.29. The van der Waals surface area contributed by atoms with E-state index in [4.69, 9.17) is 14.5 Å². The summed E-state index contributed by atoms with van der Waals surface area (Å²) in [7, 11) is 3.43. The van der Waals surface area contributed by atoms with Crippen LogP contribution in [0.3, 0.4) is 0 Å². The molecule has 1 aromatic carbocycles.